The number of benzene rings is 3. The van der Waals surface area contributed by atoms with E-state index in [2.05, 4.69) is 0 Å². The van der Waals surface area contributed by atoms with Crippen LogP contribution >= 0.6 is 0 Å². The molecule has 0 aliphatic heterocycles. The summed E-state index contributed by atoms with van der Waals surface area (Å²) in [6, 6.07) is 22.8. The fourth-order valence-electron chi connectivity index (χ4n) is 3.72. The van der Waals surface area contributed by atoms with Crippen LogP contribution in [0.3, 0.4) is 0 Å². The van der Waals surface area contributed by atoms with Gasteiger partial charge in [0, 0.05) is 12.1 Å². The van der Waals surface area contributed by atoms with Crippen molar-refractivity contribution in [2.45, 2.75) is 19.5 Å². The van der Waals surface area contributed by atoms with Crippen molar-refractivity contribution < 1.29 is 9.90 Å². The van der Waals surface area contributed by atoms with Gasteiger partial charge in [-0.3, -0.25) is 19.3 Å². The zero-order valence-electron chi connectivity index (χ0n) is 16.8. The molecular weight excluding hydrogens is 392 g/mol. The highest BCUT2D eigenvalue weighted by Gasteiger charge is 2.14. The van der Waals surface area contributed by atoms with Crippen LogP contribution in [0.4, 0.5) is 0 Å². The minimum Gasteiger partial charge on any atom is -0.480 e. The second kappa shape index (κ2) is 8.31. The fourth-order valence-corrected chi connectivity index (χ4v) is 3.72. The van der Waals surface area contributed by atoms with E-state index in [0.717, 1.165) is 22.2 Å². The molecule has 0 atom stereocenters. The van der Waals surface area contributed by atoms with Gasteiger partial charge in [0.05, 0.1) is 11.0 Å². The minimum atomic E-state index is -1.04. The van der Waals surface area contributed by atoms with E-state index in [4.69, 9.17) is 16.2 Å². The third-order valence-corrected chi connectivity index (χ3v) is 5.33. The summed E-state index contributed by atoms with van der Waals surface area (Å²) >= 11 is 0. The van der Waals surface area contributed by atoms with Crippen LogP contribution in [0.15, 0.2) is 77.6 Å². The second-order valence-corrected chi connectivity index (χ2v) is 7.34. The summed E-state index contributed by atoms with van der Waals surface area (Å²) < 4.78 is 2.93. The Labute approximate surface area is 178 Å². The number of nitrogens with two attached hydrogens (primary N) is 1. The largest absolute Gasteiger partial charge is 0.480 e. The molecule has 3 aromatic carbocycles. The smallest absolute Gasteiger partial charge is 0.329 e. The number of hydrogen-bond acceptors (Lipinski definition) is 3. The zero-order chi connectivity index (χ0) is 22.0. The molecule has 0 aliphatic rings. The van der Waals surface area contributed by atoms with Crippen molar-refractivity contribution in [1.82, 2.24) is 9.13 Å². The molecule has 0 saturated heterocycles. The first kappa shape index (κ1) is 20.2. The third kappa shape index (κ3) is 4.11. The lowest BCUT2D eigenvalue weighted by Crippen LogP contribution is -2.27. The van der Waals surface area contributed by atoms with Gasteiger partial charge in [0.15, 0.2) is 0 Å². The SMILES string of the molecule is N=C(N)c1ccc(-c2ccc(CCn3c(=O)n(CC(=O)O)c4ccccc43)cc2)cc1. The van der Waals surface area contributed by atoms with Crippen molar-refractivity contribution >= 4 is 22.8 Å². The highest BCUT2D eigenvalue weighted by molar-refractivity contribution is 5.95. The predicted octanol–water partition coefficient (Wildman–Crippen LogP) is 3.08. The molecular formula is C24H22N4O3. The second-order valence-electron chi connectivity index (χ2n) is 7.34. The molecule has 0 aliphatic carbocycles. The van der Waals surface area contributed by atoms with Gasteiger partial charge in [-0.15, -0.1) is 0 Å². The molecule has 31 heavy (non-hydrogen) atoms. The number of aryl methyl sites for hydroxylation is 2. The highest BCUT2D eigenvalue weighted by Crippen LogP contribution is 2.21. The Kier molecular flexibility index (Phi) is 5.41. The molecule has 156 valence electrons. The Morgan fingerprint density at radius 3 is 1.97 bits per heavy atom. The molecule has 1 aromatic heterocycles. The Bertz CT molecular complexity index is 1320. The quantitative estimate of drug-likeness (QED) is 0.318. The first-order valence-corrected chi connectivity index (χ1v) is 9.87. The van der Waals surface area contributed by atoms with Crippen molar-refractivity contribution in [3.63, 3.8) is 0 Å². The van der Waals surface area contributed by atoms with Gasteiger partial charge in [0.25, 0.3) is 0 Å². The lowest BCUT2D eigenvalue weighted by atomic mass is 10.0. The number of hydrogen-bond donors (Lipinski definition) is 3. The molecule has 7 nitrogen and oxygen atoms in total. The lowest BCUT2D eigenvalue weighted by molar-refractivity contribution is -0.137. The van der Waals surface area contributed by atoms with E-state index in [-0.39, 0.29) is 18.1 Å². The summed E-state index contributed by atoms with van der Waals surface area (Å²) in [6.45, 7) is 0.0993. The van der Waals surface area contributed by atoms with Gasteiger partial charge in [-0.25, -0.2) is 4.79 Å². The van der Waals surface area contributed by atoms with E-state index >= 15 is 0 Å². The minimum absolute atomic E-state index is 0.0434. The predicted molar refractivity (Wildman–Crippen MR) is 120 cm³/mol. The molecule has 0 spiro atoms. The molecule has 7 heteroatoms. The number of para-hydroxylation sites is 2. The number of rotatable bonds is 7. The number of carbonyl (C=O) groups is 1. The van der Waals surface area contributed by atoms with Crippen molar-refractivity contribution in [3.05, 3.63) is 94.4 Å². The summed E-state index contributed by atoms with van der Waals surface area (Å²) in [5.74, 6) is -1.00. The molecule has 0 bridgehead atoms. The number of amidine groups is 1. The number of nitrogens with one attached hydrogen (secondary N) is 1. The Balaban J connectivity index is 1.54. The number of imidazole rings is 1. The van der Waals surface area contributed by atoms with Gasteiger partial charge in [-0.1, -0.05) is 60.7 Å². The number of aliphatic carboxylic acids is 1. The maximum Gasteiger partial charge on any atom is 0.329 e. The van der Waals surface area contributed by atoms with Crippen LogP contribution in [0.25, 0.3) is 22.2 Å². The average molecular weight is 414 g/mol. The van der Waals surface area contributed by atoms with E-state index in [0.29, 0.717) is 24.0 Å². The highest BCUT2D eigenvalue weighted by atomic mass is 16.4. The van der Waals surface area contributed by atoms with Crippen molar-refractivity contribution in [2.24, 2.45) is 5.73 Å². The molecule has 0 fully saturated rings. The molecule has 0 amide bonds. The summed E-state index contributed by atoms with van der Waals surface area (Å²) in [4.78, 5) is 24.0. The van der Waals surface area contributed by atoms with E-state index in [1.54, 1.807) is 16.7 Å². The number of nitrogen functional groups attached to an aromatic ring is 1. The monoisotopic (exact) mass is 414 g/mol. The molecule has 4 rings (SSSR count). The molecule has 1 heterocycles. The van der Waals surface area contributed by atoms with Gasteiger partial charge in [-0.2, -0.15) is 0 Å². The topological polar surface area (TPSA) is 114 Å². The summed E-state index contributed by atoms with van der Waals surface area (Å²) in [7, 11) is 0. The van der Waals surface area contributed by atoms with E-state index in [1.807, 2.05) is 60.7 Å². The van der Waals surface area contributed by atoms with Crippen LogP contribution in [-0.4, -0.2) is 26.0 Å². The summed E-state index contributed by atoms with van der Waals surface area (Å²) in [5, 5.41) is 16.6. The molecule has 4 N–H and O–H groups in total. The van der Waals surface area contributed by atoms with Crippen LogP contribution in [0.1, 0.15) is 11.1 Å². The fraction of sp³-hybridized carbons (Fsp3) is 0.125. The van der Waals surface area contributed by atoms with E-state index in [1.165, 1.54) is 4.57 Å². The van der Waals surface area contributed by atoms with Crippen molar-refractivity contribution in [1.29, 1.82) is 5.41 Å². The maximum absolute atomic E-state index is 12.8. The first-order chi connectivity index (χ1) is 14.9. The van der Waals surface area contributed by atoms with Gasteiger partial charge in [0.1, 0.15) is 12.4 Å². The van der Waals surface area contributed by atoms with Gasteiger partial charge >= 0.3 is 11.7 Å². The van der Waals surface area contributed by atoms with E-state index < -0.39 is 5.97 Å². The standard InChI is InChI=1S/C24H22N4O3/c25-23(26)19-11-9-18(10-12-19)17-7-5-16(6-8-17)13-14-27-20-3-1-2-4-21(20)28(24(27)31)15-22(29)30/h1-12H,13-15H2,(H3,25,26)(H,29,30). The van der Waals surface area contributed by atoms with Crippen LogP contribution < -0.4 is 11.4 Å². The van der Waals surface area contributed by atoms with Crippen LogP contribution in [0.2, 0.25) is 0 Å². The van der Waals surface area contributed by atoms with Gasteiger partial charge < -0.3 is 10.8 Å². The number of nitrogens with zero attached hydrogens (tertiary/aromatic N) is 2. The van der Waals surface area contributed by atoms with Crippen LogP contribution in [0.5, 0.6) is 0 Å². The number of carboxylic acid groups (broad SMARTS) is 1. The van der Waals surface area contributed by atoms with Crippen molar-refractivity contribution in [3.8, 4) is 11.1 Å². The summed E-state index contributed by atoms with van der Waals surface area (Å²) in [6.07, 6.45) is 0.643. The van der Waals surface area contributed by atoms with Crippen LogP contribution in [0, 0.1) is 5.41 Å². The Morgan fingerprint density at radius 2 is 1.42 bits per heavy atom. The molecule has 0 saturated carbocycles. The van der Waals surface area contributed by atoms with Gasteiger partial charge in [-0.05, 0) is 35.2 Å². The Morgan fingerprint density at radius 1 is 0.871 bits per heavy atom. The van der Waals surface area contributed by atoms with Crippen molar-refractivity contribution in [2.75, 3.05) is 0 Å². The lowest BCUT2D eigenvalue weighted by Gasteiger charge is -2.07. The molecule has 4 aromatic rings. The third-order valence-electron chi connectivity index (χ3n) is 5.33. The summed E-state index contributed by atoms with van der Waals surface area (Å²) in [5.41, 5.74) is 10.4. The molecule has 0 unspecified atom stereocenters. The zero-order valence-corrected chi connectivity index (χ0v) is 16.8. The normalized spacial score (nSPS) is 11.0. The average Bonchev–Trinajstić information content (AvgIpc) is 3.03. The van der Waals surface area contributed by atoms with E-state index in [9.17, 15) is 9.59 Å². The number of fused-ring (bicyclic) bond motifs is 1. The molecule has 0 radical (unpaired) electrons. The number of aromatic nitrogens is 2. The van der Waals surface area contributed by atoms with Crippen LogP contribution in [-0.2, 0) is 24.3 Å². The number of carboxylic acids is 1. The maximum atomic E-state index is 12.8. The Hall–Kier alpha value is -4.13. The van der Waals surface area contributed by atoms with Gasteiger partial charge in [0.2, 0.25) is 0 Å². The first-order valence-electron chi connectivity index (χ1n) is 9.87.